The second-order valence-electron chi connectivity index (χ2n) is 8.51. The van der Waals surface area contributed by atoms with Crippen molar-refractivity contribution in [2.24, 2.45) is 0 Å². The Morgan fingerprint density at radius 1 is 1.10 bits per heavy atom. The number of piperazine rings is 1. The maximum absolute atomic E-state index is 13.0. The van der Waals surface area contributed by atoms with Gasteiger partial charge in [0.25, 0.3) is 5.95 Å². The van der Waals surface area contributed by atoms with Crippen LogP contribution in [0, 0.1) is 27.7 Å². The lowest BCUT2D eigenvalue weighted by molar-refractivity contribution is -0.132. The summed E-state index contributed by atoms with van der Waals surface area (Å²) in [4.78, 5) is 26.4. The van der Waals surface area contributed by atoms with Gasteiger partial charge in [-0.25, -0.2) is 14.6 Å². The van der Waals surface area contributed by atoms with Crippen molar-refractivity contribution in [3.8, 4) is 5.95 Å². The summed E-state index contributed by atoms with van der Waals surface area (Å²) in [6.07, 6.45) is 3.07. The molecule has 4 rings (SSSR count). The van der Waals surface area contributed by atoms with Crippen molar-refractivity contribution in [1.29, 1.82) is 0 Å². The van der Waals surface area contributed by atoms with Gasteiger partial charge in [0.2, 0.25) is 5.91 Å². The van der Waals surface area contributed by atoms with Gasteiger partial charge in [0, 0.05) is 62.0 Å². The summed E-state index contributed by atoms with van der Waals surface area (Å²) in [5.74, 6) is 0.730. The van der Waals surface area contributed by atoms with Gasteiger partial charge < -0.3 is 9.64 Å². The van der Waals surface area contributed by atoms with Gasteiger partial charge in [-0.1, -0.05) is 0 Å². The van der Waals surface area contributed by atoms with Crippen molar-refractivity contribution in [2.75, 3.05) is 39.3 Å². The summed E-state index contributed by atoms with van der Waals surface area (Å²) in [5.41, 5.74) is 4.58. The quantitative estimate of drug-likeness (QED) is 0.745. The van der Waals surface area contributed by atoms with E-state index in [9.17, 15) is 4.79 Å². The number of aryl methyl sites for hydroxylation is 3. The van der Waals surface area contributed by atoms with Gasteiger partial charge in [-0.2, -0.15) is 5.10 Å². The lowest BCUT2D eigenvalue weighted by Gasteiger charge is -2.35. The first-order valence-corrected chi connectivity index (χ1v) is 10.9. The fourth-order valence-electron chi connectivity index (χ4n) is 4.45. The molecule has 0 aromatic carbocycles. The van der Waals surface area contributed by atoms with Gasteiger partial charge in [-0.15, -0.1) is 0 Å². The lowest BCUT2D eigenvalue weighted by atomic mass is 10.1. The molecule has 2 fully saturated rings. The third-order valence-electron chi connectivity index (χ3n) is 6.14. The molecule has 4 heterocycles. The molecular formula is C22H32N6O2. The summed E-state index contributed by atoms with van der Waals surface area (Å²) >= 11 is 0. The van der Waals surface area contributed by atoms with Crippen LogP contribution in [-0.2, 0) is 16.0 Å². The smallest absolute Gasteiger partial charge is 0.251 e. The monoisotopic (exact) mass is 412 g/mol. The van der Waals surface area contributed by atoms with Gasteiger partial charge in [-0.3, -0.25) is 9.69 Å². The van der Waals surface area contributed by atoms with Crippen LogP contribution in [-0.4, -0.2) is 80.9 Å². The number of carbonyl (C=O) groups excluding carboxylic acids is 1. The number of amides is 1. The number of nitrogens with zero attached hydrogens (tertiary/aromatic N) is 6. The molecule has 8 heteroatoms. The minimum atomic E-state index is 0.166. The Hall–Kier alpha value is -2.32. The highest BCUT2D eigenvalue weighted by Gasteiger charge is 2.26. The average molecular weight is 413 g/mol. The molecule has 2 aromatic heterocycles. The lowest BCUT2D eigenvalue weighted by Crippen LogP contribution is -2.50. The van der Waals surface area contributed by atoms with Crippen LogP contribution in [0.4, 0.5) is 0 Å². The second-order valence-corrected chi connectivity index (χ2v) is 8.51. The van der Waals surface area contributed by atoms with E-state index in [-0.39, 0.29) is 5.91 Å². The number of aromatic nitrogens is 4. The van der Waals surface area contributed by atoms with Gasteiger partial charge in [-0.05, 0) is 46.6 Å². The van der Waals surface area contributed by atoms with Crippen molar-refractivity contribution >= 4 is 5.91 Å². The number of carbonyl (C=O) groups is 1. The van der Waals surface area contributed by atoms with E-state index >= 15 is 0 Å². The largest absolute Gasteiger partial charge is 0.377 e. The van der Waals surface area contributed by atoms with E-state index in [2.05, 4.69) is 20.0 Å². The van der Waals surface area contributed by atoms with Crippen molar-refractivity contribution in [3.05, 3.63) is 34.4 Å². The third kappa shape index (κ3) is 4.54. The maximum Gasteiger partial charge on any atom is 0.251 e. The van der Waals surface area contributed by atoms with Crippen molar-refractivity contribution in [3.63, 3.8) is 0 Å². The molecular weight excluding hydrogens is 380 g/mol. The van der Waals surface area contributed by atoms with Crippen LogP contribution in [0.25, 0.3) is 5.95 Å². The van der Waals surface area contributed by atoms with E-state index in [4.69, 9.17) is 4.74 Å². The van der Waals surface area contributed by atoms with E-state index in [1.165, 1.54) is 6.42 Å². The van der Waals surface area contributed by atoms with Crippen LogP contribution in [0.3, 0.4) is 0 Å². The summed E-state index contributed by atoms with van der Waals surface area (Å²) in [5, 5.41) is 4.63. The molecule has 0 N–H and O–H groups in total. The zero-order chi connectivity index (χ0) is 21.3. The highest BCUT2D eigenvalue weighted by atomic mass is 16.5. The van der Waals surface area contributed by atoms with Crippen LogP contribution in [0.2, 0.25) is 0 Å². The first-order valence-electron chi connectivity index (χ1n) is 10.9. The molecule has 0 aliphatic carbocycles. The van der Waals surface area contributed by atoms with E-state index in [1.807, 2.05) is 38.7 Å². The van der Waals surface area contributed by atoms with Crippen LogP contribution >= 0.6 is 0 Å². The van der Waals surface area contributed by atoms with E-state index < -0.39 is 0 Å². The Kier molecular flexibility index (Phi) is 6.15. The second kappa shape index (κ2) is 8.81. The fraction of sp³-hybridized carbons (Fsp3) is 0.636. The maximum atomic E-state index is 13.0. The molecule has 1 amide bonds. The number of ether oxygens (including phenoxy) is 1. The predicted octanol–water partition coefficient (Wildman–Crippen LogP) is 1.76. The van der Waals surface area contributed by atoms with Crippen LogP contribution in [0.1, 0.15) is 41.2 Å². The molecule has 1 unspecified atom stereocenters. The minimum absolute atomic E-state index is 0.166. The summed E-state index contributed by atoms with van der Waals surface area (Å²) in [6.45, 7) is 13.1. The first kappa shape index (κ1) is 20.9. The molecule has 1 atom stereocenters. The fourth-order valence-corrected chi connectivity index (χ4v) is 4.45. The van der Waals surface area contributed by atoms with E-state index in [0.717, 1.165) is 74.1 Å². The summed E-state index contributed by atoms with van der Waals surface area (Å²) in [7, 11) is 0. The highest BCUT2D eigenvalue weighted by Crippen LogP contribution is 2.19. The van der Waals surface area contributed by atoms with Gasteiger partial charge in [0.1, 0.15) is 0 Å². The number of hydrogen-bond donors (Lipinski definition) is 0. The van der Waals surface area contributed by atoms with E-state index in [0.29, 0.717) is 18.5 Å². The molecule has 8 nitrogen and oxygen atoms in total. The molecule has 0 radical (unpaired) electrons. The van der Waals surface area contributed by atoms with Gasteiger partial charge >= 0.3 is 0 Å². The molecule has 162 valence electrons. The number of hydrogen-bond acceptors (Lipinski definition) is 6. The zero-order valence-electron chi connectivity index (χ0n) is 18.5. The van der Waals surface area contributed by atoms with Gasteiger partial charge in [0.05, 0.1) is 18.2 Å². The molecule has 2 aromatic rings. The number of rotatable bonds is 5. The molecule has 2 saturated heterocycles. The Morgan fingerprint density at radius 3 is 2.43 bits per heavy atom. The van der Waals surface area contributed by atoms with Crippen LogP contribution in [0.15, 0.2) is 6.07 Å². The predicted molar refractivity (Wildman–Crippen MR) is 114 cm³/mol. The third-order valence-corrected chi connectivity index (χ3v) is 6.14. The van der Waals surface area contributed by atoms with Crippen molar-refractivity contribution < 1.29 is 9.53 Å². The normalized spacial score (nSPS) is 20.1. The summed E-state index contributed by atoms with van der Waals surface area (Å²) in [6, 6.07) is 1.94. The molecule has 0 bridgehead atoms. The summed E-state index contributed by atoms with van der Waals surface area (Å²) < 4.78 is 7.51. The van der Waals surface area contributed by atoms with Crippen molar-refractivity contribution in [2.45, 2.75) is 53.1 Å². The zero-order valence-corrected chi connectivity index (χ0v) is 18.5. The van der Waals surface area contributed by atoms with E-state index in [1.54, 1.807) is 4.68 Å². The van der Waals surface area contributed by atoms with Crippen LogP contribution < -0.4 is 0 Å². The minimum Gasteiger partial charge on any atom is -0.377 e. The standard InChI is InChI=1S/C22H32N6O2/c1-15-12-16(2)24-22(23-15)28-18(4)20(17(3)25-28)13-21(29)27-9-7-26(8-10-27)14-19-6-5-11-30-19/h12,19H,5-11,13-14H2,1-4H3. The topological polar surface area (TPSA) is 76.4 Å². The Balaban J connectivity index is 1.39. The van der Waals surface area contributed by atoms with Crippen molar-refractivity contribution in [1.82, 2.24) is 29.5 Å². The van der Waals surface area contributed by atoms with Gasteiger partial charge in [0.15, 0.2) is 0 Å². The molecule has 0 saturated carbocycles. The molecule has 2 aliphatic heterocycles. The Labute approximate surface area is 178 Å². The first-order chi connectivity index (χ1) is 14.4. The Morgan fingerprint density at radius 2 is 1.80 bits per heavy atom. The molecule has 0 spiro atoms. The molecule has 30 heavy (non-hydrogen) atoms. The highest BCUT2D eigenvalue weighted by molar-refractivity contribution is 5.79. The average Bonchev–Trinajstić information content (AvgIpc) is 3.31. The molecule has 2 aliphatic rings. The SMILES string of the molecule is Cc1cc(C)nc(-n2nc(C)c(CC(=O)N3CCN(CC4CCCO4)CC3)c2C)n1. The van der Waals surface area contributed by atoms with Crippen LogP contribution in [0.5, 0.6) is 0 Å². The Bertz CT molecular complexity index is 890.